The Morgan fingerprint density at radius 3 is 2.64 bits per heavy atom. The molecule has 0 amide bonds. The van der Waals surface area contributed by atoms with Crippen LogP contribution in [0.25, 0.3) is 0 Å². The Hall–Kier alpha value is -1.32. The second-order valence-corrected chi connectivity index (χ2v) is 4.49. The average molecular weight is 196 g/mol. The molecule has 1 rings (SSSR count). The van der Waals surface area contributed by atoms with E-state index < -0.39 is 0 Å². The smallest absolute Gasteiger partial charge is 0.243 e. The van der Waals surface area contributed by atoms with E-state index in [2.05, 4.69) is 25.9 Å². The molecular formula is C10H16N2O2. The normalized spacial score (nSPS) is 11.4. The molecule has 0 aliphatic heterocycles. The van der Waals surface area contributed by atoms with Gasteiger partial charge in [-0.15, -0.1) is 0 Å². The molecule has 0 spiro atoms. The molecule has 14 heavy (non-hydrogen) atoms. The van der Waals surface area contributed by atoms with Crippen LogP contribution in [0.2, 0.25) is 0 Å². The first kappa shape index (κ1) is 10.8. The molecule has 4 heteroatoms. The summed E-state index contributed by atoms with van der Waals surface area (Å²) in [6, 6.07) is 0. The Morgan fingerprint density at radius 2 is 2.21 bits per heavy atom. The van der Waals surface area contributed by atoms with Crippen molar-refractivity contribution in [1.82, 2.24) is 9.78 Å². The maximum absolute atomic E-state index is 10.9. The third kappa shape index (κ3) is 3.20. The number of ether oxygens (including phenoxy) is 1. The molecule has 0 aromatic carbocycles. The zero-order valence-electron chi connectivity index (χ0n) is 9.07. The third-order valence-electron chi connectivity index (χ3n) is 1.55. The van der Waals surface area contributed by atoms with Crippen molar-refractivity contribution in [3.8, 4) is 5.75 Å². The lowest BCUT2D eigenvalue weighted by Crippen LogP contribution is -2.16. The van der Waals surface area contributed by atoms with Crippen LogP contribution in [-0.4, -0.2) is 22.3 Å². The Bertz CT molecular complexity index is 323. The van der Waals surface area contributed by atoms with Crippen LogP contribution in [0.1, 0.15) is 32.5 Å². The van der Waals surface area contributed by atoms with Gasteiger partial charge in [0.05, 0.1) is 19.0 Å². The van der Waals surface area contributed by atoms with E-state index in [1.165, 1.54) is 11.6 Å². The summed E-state index contributed by atoms with van der Waals surface area (Å²) in [6.45, 7) is 8.32. The second-order valence-electron chi connectivity index (χ2n) is 4.49. The predicted octanol–water partition coefficient (Wildman–Crippen LogP) is 1.97. The van der Waals surface area contributed by atoms with Gasteiger partial charge in [0.1, 0.15) is 0 Å². The molecule has 0 fully saturated rings. The van der Waals surface area contributed by atoms with Crippen LogP contribution in [0.3, 0.4) is 0 Å². The van der Waals surface area contributed by atoms with Gasteiger partial charge < -0.3 is 4.74 Å². The molecule has 1 aromatic rings. The van der Waals surface area contributed by atoms with Gasteiger partial charge in [-0.2, -0.15) is 5.10 Å². The summed E-state index contributed by atoms with van der Waals surface area (Å²) in [4.78, 5) is 10.9. The molecule has 0 unspecified atom stereocenters. The van der Waals surface area contributed by atoms with Crippen molar-refractivity contribution in [2.24, 2.45) is 5.41 Å². The molecule has 0 saturated carbocycles. The van der Waals surface area contributed by atoms with Crippen molar-refractivity contribution in [3.05, 3.63) is 12.4 Å². The molecule has 0 bridgehead atoms. The highest BCUT2D eigenvalue weighted by molar-refractivity contribution is 5.75. The number of hydrogen-bond acceptors (Lipinski definition) is 3. The fraction of sp³-hybridized carbons (Fsp3) is 0.600. The highest BCUT2D eigenvalue weighted by Gasteiger charge is 2.12. The summed E-state index contributed by atoms with van der Waals surface area (Å²) in [5.41, 5.74) is 0.109. The van der Waals surface area contributed by atoms with Crippen LogP contribution in [0.15, 0.2) is 12.4 Å². The van der Waals surface area contributed by atoms with E-state index in [0.717, 1.165) is 0 Å². The summed E-state index contributed by atoms with van der Waals surface area (Å²) in [7, 11) is 0. The molecule has 0 aliphatic rings. The van der Waals surface area contributed by atoms with Gasteiger partial charge in [0.15, 0.2) is 5.75 Å². The van der Waals surface area contributed by atoms with Crippen molar-refractivity contribution in [2.45, 2.75) is 27.7 Å². The third-order valence-corrected chi connectivity index (χ3v) is 1.55. The van der Waals surface area contributed by atoms with Crippen molar-refractivity contribution < 1.29 is 9.53 Å². The molecule has 0 saturated heterocycles. The van der Waals surface area contributed by atoms with Crippen LogP contribution >= 0.6 is 0 Å². The maximum Gasteiger partial charge on any atom is 0.243 e. The zero-order chi connectivity index (χ0) is 10.8. The summed E-state index contributed by atoms with van der Waals surface area (Å²) < 4.78 is 6.73. The minimum absolute atomic E-state index is 0.109. The topological polar surface area (TPSA) is 44.1 Å². The molecule has 1 heterocycles. The van der Waals surface area contributed by atoms with Crippen LogP contribution in [0.4, 0.5) is 0 Å². The maximum atomic E-state index is 10.9. The first-order valence-corrected chi connectivity index (χ1v) is 4.57. The number of aromatic nitrogens is 2. The lowest BCUT2D eigenvalue weighted by molar-refractivity contribution is 0.0920. The van der Waals surface area contributed by atoms with E-state index in [1.54, 1.807) is 12.4 Å². The summed E-state index contributed by atoms with van der Waals surface area (Å²) in [5.74, 6) is 0.519. The molecule has 1 aromatic heterocycles. The van der Waals surface area contributed by atoms with E-state index in [-0.39, 0.29) is 11.3 Å². The van der Waals surface area contributed by atoms with Crippen LogP contribution in [0, 0.1) is 5.41 Å². The fourth-order valence-electron chi connectivity index (χ4n) is 0.853. The quantitative estimate of drug-likeness (QED) is 0.726. The van der Waals surface area contributed by atoms with Gasteiger partial charge in [0, 0.05) is 6.92 Å². The number of hydrogen-bond donors (Lipinski definition) is 0. The molecule has 0 aliphatic carbocycles. The summed E-state index contributed by atoms with van der Waals surface area (Å²) in [6.07, 6.45) is 3.14. The molecule has 0 radical (unpaired) electrons. The van der Waals surface area contributed by atoms with Gasteiger partial charge in [-0.25, -0.2) is 4.68 Å². The van der Waals surface area contributed by atoms with Crippen molar-refractivity contribution in [3.63, 3.8) is 0 Å². The largest absolute Gasteiger partial charge is 0.490 e. The Morgan fingerprint density at radius 1 is 1.57 bits per heavy atom. The number of rotatable bonds is 2. The minimum Gasteiger partial charge on any atom is -0.490 e. The van der Waals surface area contributed by atoms with Crippen LogP contribution < -0.4 is 4.74 Å². The minimum atomic E-state index is -0.115. The van der Waals surface area contributed by atoms with Gasteiger partial charge >= 0.3 is 0 Å². The van der Waals surface area contributed by atoms with E-state index in [1.807, 2.05) is 0 Å². The van der Waals surface area contributed by atoms with Crippen molar-refractivity contribution in [2.75, 3.05) is 6.61 Å². The molecule has 0 N–H and O–H groups in total. The number of nitrogens with zero attached hydrogens (tertiary/aromatic N) is 2. The van der Waals surface area contributed by atoms with Crippen LogP contribution in [0.5, 0.6) is 5.75 Å². The molecule has 78 valence electrons. The fourth-order valence-corrected chi connectivity index (χ4v) is 0.853. The highest BCUT2D eigenvalue weighted by Crippen LogP contribution is 2.16. The lowest BCUT2D eigenvalue weighted by Gasteiger charge is -2.17. The SMILES string of the molecule is CC(=O)n1cc(OCC(C)(C)C)cn1. The first-order chi connectivity index (χ1) is 6.38. The first-order valence-electron chi connectivity index (χ1n) is 4.57. The molecular weight excluding hydrogens is 180 g/mol. The van der Waals surface area contributed by atoms with E-state index >= 15 is 0 Å². The average Bonchev–Trinajstić information content (AvgIpc) is 2.47. The van der Waals surface area contributed by atoms with E-state index in [4.69, 9.17) is 4.74 Å². The van der Waals surface area contributed by atoms with E-state index in [9.17, 15) is 4.79 Å². The number of carbonyl (C=O) groups is 1. The lowest BCUT2D eigenvalue weighted by atomic mass is 9.99. The zero-order valence-corrected chi connectivity index (χ0v) is 9.07. The Labute approximate surface area is 83.9 Å². The highest BCUT2D eigenvalue weighted by atomic mass is 16.5. The van der Waals surface area contributed by atoms with E-state index in [0.29, 0.717) is 12.4 Å². The number of carbonyl (C=O) groups excluding carboxylic acids is 1. The molecule has 0 atom stereocenters. The van der Waals surface area contributed by atoms with Gasteiger partial charge in [0.25, 0.3) is 0 Å². The second kappa shape index (κ2) is 3.82. The monoisotopic (exact) mass is 196 g/mol. The van der Waals surface area contributed by atoms with Gasteiger partial charge in [0.2, 0.25) is 5.91 Å². The van der Waals surface area contributed by atoms with Gasteiger partial charge in [-0.1, -0.05) is 20.8 Å². The summed E-state index contributed by atoms with van der Waals surface area (Å²) >= 11 is 0. The predicted molar refractivity (Wildman–Crippen MR) is 53.5 cm³/mol. The Balaban J connectivity index is 2.56. The van der Waals surface area contributed by atoms with Gasteiger partial charge in [-0.3, -0.25) is 4.79 Å². The van der Waals surface area contributed by atoms with Crippen molar-refractivity contribution in [1.29, 1.82) is 0 Å². The van der Waals surface area contributed by atoms with Gasteiger partial charge in [-0.05, 0) is 5.41 Å². The molecule has 4 nitrogen and oxygen atoms in total. The van der Waals surface area contributed by atoms with Crippen molar-refractivity contribution >= 4 is 5.91 Å². The standard InChI is InChI=1S/C10H16N2O2/c1-8(13)12-6-9(5-11-12)14-7-10(2,3)4/h5-6H,7H2,1-4H3. The van der Waals surface area contributed by atoms with Crippen LogP contribution in [-0.2, 0) is 0 Å². The Kier molecular flexibility index (Phi) is 2.93. The summed E-state index contributed by atoms with van der Waals surface area (Å²) in [5, 5.41) is 3.86.